The molecule has 4 atom stereocenters. The summed E-state index contributed by atoms with van der Waals surface area (Å²) in [5.41, 5.74) is 0. The third-order valence-electron chi connectivity index (χ3n) is 5.35. The molecule has 3 amide bonds. The highest BCUT2D eigenvalue weighted by Gasteiger charge is 2.42. The third kappa shape index (κ3) is 5.87. The molecule has 0 saturated carbocycles. The van der Waals surface area contributed by atoms with Gasteiger partial charge < -0.3 is 20.7 Å². The maximum atomic E-state index is 13.6. The average molecular weight is 495 g/mol. The minimum Gasteiger partial charge on any atom is -0.420 e. The number of fused-ring (bicyclic) bond motifs is 1. The molecule has 3 N–H and O–H groups in total. The highest BCUT2D eigenvalue weighted by atomic mass is 32.2. The monoisotopic (exact) mass is 495 g/mol. The van der Waals surface area contributed by atoms with Crippen LogP contribution >= 0.6 is 11.8 Å². The number of hydrogen-bond acceptors (Lipinski definition) is 5. The lowest BCUT2D eigenvalue weighted by molar-refractivity contribution is -0.135. The van der Waals surface area contributed by atoms with Crippen molar-refractivity contribution < 1.29 is 41.1 Å². The van der Waals surface area contributed by atoms with Gasteiger partial charge in [0.15, 0.2) is 0 Å². The number of hydrogen-bond donors (Lipinski definition) is 3. The largest absolute Gasteiger partial charge is 0.420 e. The molecular weight excluding hydrogens is 473 g/mol. The van der Waals surface area contributed by atoms with E-state index in [-0.39, 0.29) is 35.7 Å². The first-order chi connectivity index (χ1) is 15.6. The number of amides is 3. The van der Waals surface area contributed by atoms with Crippen molar-refractivity contribution in [2.75, 3.05) is 5.75 Å². The molecule has 2 fully saturated rings. The van der Waals surface area contributed by atoms with Crippen LogP contribution in [0.3, 0.4) is 0 Å². The number of carbonyl (C=O) groups is 3. The van der Waals surface area contributed by atoms with E-state index in [0.717, 1.165) is 18.6 Å². The first-order valence-electron chi connectivity index (χ1n) is 10.3. The number of urea groups is 1. The molecule has 0 bridgehead atoms. The van der Waals surface area contributed by atoms with Gasteiger partial charge in [-0.3, -0.25) is 9.59 Å². The summed E-state index contributed by atoms with van der Waals surface area (Å²) in [5.74, 6) is -13.8. The van der Waals surface area contributed by atoms with Crippen molar-refractivity contribution in [3.63, 3.8) is 0 Å². The van der Waals surface area contributed by atoms with Gasteiger partial charge in [0.1, 0.15) is 0 Å². The minimum atomic E-state index is -2.36. The molecular formula is C20H22F5N3O4S. The number of thioether (sulfide) groups is 1. The van der Waals surface area contributed by atoms with Crippen molar-refractivity contribution in [1.29, 1.82) is 0 Å². The van der Waals surface area contributed by atoms with Crippen molar-refractivity contribution in [1.82, 2.24) is 16.0 Å². The lowest BCUT2D eigenvalue weighted by Gasteiger charge is -2.17. The molecule has 4 unspecified atom stereocenters. The summed E-state index contributed by atoms with van der Waals surface area (Å²) < 4.78 is 70.9. The predicted octanol–water partition coefficient (Wildman–Crippen LogP) is 2.91. The Hall–Kier alpha value is -2.57. The molecule has 2 saturated heterocycles. The molecule has 2 aliphatic rings. The van der Waals surface area contributed by atoms with E-state index in [2.05, 4.69) is 20.7 Å². The van der Waals surface area contributed by atoms with Gasteiger partial charge in [-0.1, -0.05) is 6.42 Å². The van der Waals surface area contributed by atoms with Crippen LogP contribution < -0.4 is 20.7 Å². The molecule has 182 valence electrons. The SMILES string of the molecule is CC(CC(=O)Oc1c(F)c(F)c(F)c(F)c1F)NC(=O)CCCCC1SCC2NC(=O)NC21. The highest BCUT2D eigenvalue weighted by Crippen LogP contribution is 2.33. The molecule has 13 heteroatoms. The zero-order valence-electron chi connectivity index (χ0n) is 17.5. The zero-order valence-corrected chi connectivity index (χ0v) is 18.3. The Balaban J connectivity index is 1.38. The predicted molar refractivity (Wildman–Crippen MR) is 108 cm³/mol. The van der Waals surface area contributed by atoms with Gasteiger partial charge >= 0.3 is 12.0 Å². The van der Waals surface area contributed by atoms with E-state index in [4.69, 9.17) is 0 Å². The Bertz CT molecular complexity index is 922. The fourth-order valence-corrected chi connectivity index (χ4v) is 5.30. The van der Waals surface area contributed by atoms with E-state index in [9.17, 15) is 36.3 Å². The maximum Gasteiger partial charge on any atom is 0.315 e. The first-order valence-corrected chi connectivity index (χ1v) is 11.3. The summed E-state index contributed by atoms with van der Waals surface area (Å²) in [7, 11) is 0. The van der Waals surface area contributed by atoms with Crippen LogP contribution in [0.2, 0.25) is 0 Å². The Morgan fingerprint density at radius 3 is 2.36 bits per heavy atom. The number of ether oxygens (including phenoxy) is 1. The molecule has 7 nitrogen and oxygen atoms in total. The molecule has 33 heavy (non-hydrogen) atoms. The van der Waals surface area contributed by atoms with Gasteiger partial charge in [-0.25, -0.2) is 18.0 Å². The van der Waals surface area contributed by atoms with Crippen LogP contribution in [0.1, 0.15) is 39.0 Å². The second-order valence-corrected chi connectivity index (χ2v) is 9.19. The second kappa shape index (κ2) is 10.6. The molecule has 1 aromatic carbocycles. The molecule has 0 aromatic heterocycles. The summed E-state index contributed by atoms with van der Waals surface area (Å²) in [5, 5.41) is 8.54. The van der Waals surface area contributed by atoms with E-state index in [1.165, 1.54) is 6.92 Å². The molecule has 0 radical (unpaired) electrons. The van der Waals surface area contributed by atoms with Gasteiger partial charge in [0, 0.05) is 23.5 Å². The van der Waals surface area contributed by atoms with Crippen molar-refractivity contribution in [2.24, 2.45) is 0 Å². The van der Waals surface area contributed by atoms with Crippen LogP contribution in [0.4, 0.5) is 26.7 Å². The molecule has 2 aliphatic heterocycles. The van der Waals surface area contributed by atoms with E-state index in [1.54, 1.807) is 11.8 Å². The topological polar surface area (TPSA) is 96.5 Å². The lowest BCUT2D eigenvalue weighted by Crippen LogP contribution is -2.37. The molecule has 0 spiro atoms. The van der Waals surface area contributed by atoms with E-state index >= 15 is 0 Å². The summed E-state index contributed by atoms with van der Waals surface area (Å²) >= 11 is 1.77. The van der Waals surface area contributed by atoms with Gasteiger partial charge in [0.25, 0.3) is 0 Å². The second-order valence-electron chi connectivity index (χ2n) is 7.91. The first kappa shape index (κ1) is 25.1. The number of halogens is 5. The Morgan fingerprint density at radius 1 is 1.06 bits per heavy atom. The van der Waals surface area contributed by atoms with Gasteiger partial charge in [0.2, 0.25) is 40.7 Å². The van der Waals surface area contributed by atoms with Crippen LogP contribution in [-0.2, 0) is 9.59 Å². The number of nitrogens with one attached hydrogen (secondary N) is 3. The third-order valence-corrected chi connectivity index (χ3v) is 6.85. The van der Waals surface area contributed by atoms with Crippen molar-refractivity contribution in [3.8, 4) is 5.75 Å². The van der Waals surface area contributed by atoms with Gasteiger partial charge in [-0.05, 0) is 19.8 Å². The van der Waals surface area contributed by atoms with Crippen molar-refractivity contribution in [3.05, 3.63) is 29.1 Å². The average Bonchev–Trinajstić information content (AvgIpc) is 3.30. The summed E-state index contributed by atoms with van der Waals surface area (Å²) in [6.45, 7) is 1.43. The molecule has 1 aromatic rings. The number of rotatable bonds is 9. The molecule has 0 aliphatic carbocycles. The summed E-state index contributed by atoms with van der Waals surface area (Å²) in [4.78, 5) is 35.3. The van der Waals surface area contributed by atoms with E-state index in [1.807, 2.05) is 0 Å². The Labute approximate surface area is 190 Å². The lowest BCUT2D eigenvalue weighted by atomic mass is 10.0. The normalized spacial score (nSPS) is 22.4. The van der Waals surface area contributed by atoms with Gasteiger partial charge in [-0.2, -0.15) is 20.5 Å². The minimum absolute atomic E-state index is 0.0834. The van der Waals surface area contributed by atoms with Crippen LogP contribution in [0.5, 0.6) is 5.75 Å². The Kier molecular flexibility index (Phi) is 8.03. The fourth-order valence-electron chi connectivity index (χ4n) is 3.75. The van der Waals surface area contributed by atoms with Crippen LogP contribution in [-0.4, -0.2) is 47.0 Å². The molecule has 3 rings (SSSR count). The fraction of sp³-hybridized carbons (Fsp3) is 0.550. The quantitative estimate of drug-likeness (QED) is 0.0932. The van der Waals surface area contributed by atoms with E-state index in [0.29, 0.717) is 6.42 Å². The van der Waals surface area contributed by atoms with Gasteiger partial charge in [0.05, 0.1) is 18.5 Å². The number of carbonyl (C=O) groups excluding carboxylic acids is 3. The molecule has 2 heterocycles. The van der Waals surface area contributed by atoms with Crippen molar-refractivity contribution in [2.45, 2.75) is 62.4 Å². The zero-order chi connectivity index (χ0) is 24.3. The number of benzene rings is 1. The van der Waals surface area contributed by atoms with Gasteiger partial charge in [-0.15, -0.1) is 0 Å². The van der Waals surface area contributed by atoms with Crippen LogP contribution in [0.25, 0.3) is 0 Å². The van der Waals surface area contributed by atoms with Crippen LogP contribution in [0.15, 0.2) is 0 Å². The number of unbranched alkanes of at least 4 members (excludes halogenated alkanes) is 1. The highest BCUT2D eigenvalue weighted by molar-refractivity contribution is 8.00. The standard InChI is InChI=1S/C20H22F5N3O4S/c1-8(6-12(30)32-19-16(24)14(22)13(21)15(23)17(19)25)26-11(29)5-3-2-4-10-18-9(7-33-10)27-20(31)28-18/h8-10,18H,2-7H2,1H3,(H,26,29)(H2,27,28,31). The van der Waals surface area contributed by atoms with E-state index < -0.39 is 53.3 Å². The summed E-state index contributed by atoms with van der Waals surface area (Å²) in [6.07, 6.45) is 1.78. The summed E-state index contributed by atoms with van der Waals surface area (Å²) in [6, 6.07) is -0.749. The Morgan fingerprint density at radius 2 is 1.70 bits per heavy atom. The van der Waals surface area contributed by atoms with Crippen LogP contribution in [0, 0.1) is 29.1 Å². The van der Waals surface area contributed by atoms with Crippen molar-refractivity contribution >= 4 is 29.7 Å². The number of esters is 1. The maximum absolute atomic E-state index is 13.6. The smallest absolute Gasteiger partial charge is 0.315 e.